The third kappa shape index (κ3) is 4.66. The minimum atomic E-state index is 0.344. The highest BCUT2D eigenvalue weighted by atomic mass is 16.2. The Morgan fingerprint density at radius 2 is 2.06 bits per heavy atom. The van der Waals surface area contributed by atoms with Gasteiger partial charge in [0.05, 0.1) is 0 Å². The molecule has 2 N–H and O–H groups in total. The van der Waals surface area contributed by atoms with Gasteiger partial charge < -0.3 is 10.6 Å². The lowest BCUT2D eigenvalue weighted by Gasteiger charge is -2.19. The molecule has 1 heterocycles. The highest BCUT2D eigenvalue weighted by molar-refractivity contribution is 5.76. The first-order valence-electron chi connectivity index (χ1n) is 7.02. The third-order valence-corrected chi connectivity index (χ3v) is 4.03. The zero-order chi connectivity index (χ0) is 12.8. The Morgan fingerprint density at radius 3 is 2.59 bits per heavy atom. The van der Waals surface area contributed by atoms with Crippen molar-refractivity contribution in [1.82, 2.24) is 4.90 Å². The molecule has 1 aliphatic rings. The van der Waals surface area contributed by atoms with Crippen LogP contribution in [-0.2, 0) is 4.79 Å². The van der Waals surface area contributed by atoms with Crippen LogP contribution in [-0.4, -0.2) is 30.4 Å². The number of amides is 1. The van der Waals surface area contributed by atoms with Gasteiger partial charge in [-0.2, -0.15) is 0 Å². The number of hydrogen-bond acceptors (Lipinski definition) is 2. The van der Waals surface area contributed by atoms with Crippen LogP contribution in [0.1, 0.15) is 46.5 Å². The molecule has 0 aromatic rings. The summed E-state index contributed by atoms with van der Waals surface area (Å²) in [6.07, 6.45) is 3.90. The summed E-state index contributed by atoms with van der Waals surface area (Å²) in [4.78, 5) is 14.1. The van der Waals surface area contributed by atoms with Crippen molar-refractivity contribution in [2.45, 2.75) is 46.5 Å². The van der Waals surface area contributed by atoms with Crippen molar-refractivity contribution >= 4 is 5.91 Å². The number of nitrogens with zero attached hydrogens (tertiary/aromatic N) is 1. The Labute approximate surface area is 106 Å². The summed E-state index contributed by atoms with van der Waals surface area (Å²) in [6, 6.07) is 0. The summed E-state index contributed by atoms with van der Waals surface area (Å²) in [5.41, 5.74) is 5.51. The van der Waals surface area contributed by atoms with Crippen molar-refractivity contribution in [2.24, 2.45) is 23.5 Å². The van der Waals surface area contributed by atoms with Gasteiger partial charge in [-0.3, -0.25) is 4.79 Å². The second-order valence-electron chi connectivity index (χ2n) is 5.85. The number of nitrogens with two attached hydrogens (primary N) is 1. The minimum absolute atomic E-state index is 0.344. The molecular weight excluding hydrogens is 212 g/mol. The molecule has 0 aliphatic carbocycles. The molecule has 0 radical (unpaired) electrons. The topological polar surface area (TPSA) is 46.3 Å². The molecule has 1 amide bonds. The van der Waals surface area contributed by atoms with E-state index >= 15 is 0 Å². The maximum absolute atomic E-state index is 12.0. The second-order valence-corrected chi connectivity index (χ2v) is 5.85. The lowest BCUT2D eigenvalue weighted by atomic mass is 9.95. The molecule has 1 rings (SSSR count). The average molecular weight is 240 g/mol. The number of rotatable bonds is 6. The minimum Gasteiger partial charge on any atom is -0.342 e. The number of hydrogen-bond donors (Lipinski definition) is 1. The van der Waals surface area contributed by atoms with Crippen LogP contribution in [0.3, 0.4) is 0 Å². The molecule has 17 heavy (non-hydrogen) atoms. The quantitative estimate of drug-likeness (QED) is 0.774. The van der Waals surface area contributed by atoms with Gasteiger partial charge in [0.25, 0.3) is 0 Å². The molecule has 0 bridgehead atoms. The molecule has 2 atom stereocenters. The summed E-state index contributed by atoms with van der Waals surface area (Å²) in [5, 5.41) is 0. The van der Waals surface area contributed by atoms with Crippen molar-refractivity contribution in [3.63, 3.8) is 0 Å². The van der Waals surface area contributed by atoms with E-state index in [0.717, 1.165) is 32.5 Å². The molecular formula is C14H28N2O. The van der Waals surface area contributed by atoms with Gasteiger partial charge in [-0.05, 0) is 43.6 Å². The number of likely N-dealkylation sites (tertiary alicyclic amines) is 1. The van der Waals surface area contributed by atoms with Crippen LogP contribution in [0.15, 0.2) is 0 Å². The molecule has 3 heteroatoms. The number of carbonyl (C=O) groups excluding carboxylic acids is 1. The Bertz CT molecular complexity index is 240. The third-order valence-electron chi connectivity index (χ3n) is 4.03. The van der Waals surface area contributed by atoms with Crippen molar-refractivity contribution in [2.75, 3.05) is 19.6 Å². The normalized spacial score (nSPS) is 22.2. The van der Waals surface area contributed by atoms with Crippen LogP contribution >= 0.6 is 0 Å². The van der Waals surface area contributed by atoms with Gasteiger partial charge in [-0.1, -0.05) is 20.8 Å². The van der Waals surface area contributed by atoms with Crippen molar-refractivity contribution in [3.8, 4) is 0 Å². The monoisotopic (exact) mass is 240 g/mol. The van der Waals surface area contributed by atoms with Gasteiger partial charge in [0.15, 0.2) is 0 Å². The first-order chi connectivity index (χ1) is 8.04. The molecule has 1 saturated heterocycles. The standard InChI is InChI=1S/C14H28N2O/c1-11(2)13-7-9-16(10-13)14(17)5-4-12(3)6-8-15/h11-13H,4-10,15H2,1-3H3. The van der Waals surface area contributed by atoms with E-state index in [-0.39, 0.29) is 0 Å². The van der Waals surface area contributed by atoms with Gasteiger partial charge in [-0.15, -0.1) is 0 Å². The zero-order valence-electron chi connectivity index (χ0n) is 11.6. The predicted octanol–water partition coefficient (Wildman–Crippen LogP) is 2.26. The molecule has 0 aromatic heterocycles. The molecule has 0 saturated carbocycles. The van der Waals surface area contributed by atoms with Crippen LogP contribution < -0.4 is 5.73 Å². The largest absolute Gasteiger partial charge is 0.342 e. The van der Waals surface area contributed by atoms with Gasteiger partial charge in [-0.25, -0.2) is 0 Å². The maximum atomic E-state index is 12.0. The fourth-order valence-electron chi connectivity index (χ4n) is 2.51. The molecule has 100 valence electrons. The molecule has 0 spiro atoms. The summed E-state index contributed by atoms with van der Waals surface area (Å²) in [6.45, 7) is 9.36. The molecule has 1 fully saturated rings. The van der Waals surface area contributed by atoms with Gasteiger partial charge in [0, 0.05) is 19.5 Å². The highest BCUT2D eigenvalue weighted by Crippen LogP contribution is 2.24. The van der Waals surface area contributed by atoms with Crippen molar-refractivity contribution < 1.29 is 4.79 Å². The molecule has 0 aromatic carbocycles. The summed E-state index contributed by atoms with van der Waals surface area (Å²) < 4.78 is 0. The Kier molecular flexibility index (Phi) is 5.96. The number of carbonyl (C=O) groups is 1. The van der Waals surface area contributed by atoms with E-state index in [4.69, 9.17) is 5.73 Å². The summed E-state index contributed by atoms with van der Waals surface area (Å²) >= 11 is 0. The van der Waals surface area contributed by atoms with E-state index < -0.39 is 0 Å². The van der Waals surface area contributed by atoms with E-state index in [1.54, 1.807) is 0 Å². The van der Waals surface area contributed by atoms with Crippen LogP contribution in [0.2, 0.25) is 0 Å². The van der Waals surface area contributed by atoms with Crippen LogP contribution in [0, 0.1) is 17.8 Å². The van der Waals surface area contributed by atoms with Crippen molar-refractivity contribution in [1.29, 1.82) is 0 Å². The van der Waals surface area contributed by atoms with Crippen LogP contribution in [0.25, 0.3) is 0 Å². The predicted molar refractivity (Wildman–Crippen MR) is 71.6 cm³/mol. The SMILES string of the molecule is CC(CCN)CCC(=O)N1CCC(C(C)C)C1. The first kappa shape index (κ1) is 14.5. The van der Waals surface area contributed by atoms with E-state index in [0.29, 0.717) is 30.1 Å². The van der Waals surface area contributed by atoms with Crippen LogP contribution in [0.5, 0.6) is 0 Å². The fourth-order valence-corrected chi connectivity index (χ4v) is 2.51. The lowest BCUT2D eigenvalue weighted by Crippen LogP contribution is -2.29. The Morgan fingerprint density at radius 1 is 1.35 bits per heavy atom. The van der Waals surface area contributed by atoms with Crippen molar-refractivity contribution in [3.05, 3.63) is 0 Å². The maximum Gasteiger partial charge on any atom is 0.222 e. The van der Waals surface area contributed by atoms with E-state index in [2.05, 4.69) is 25.7 Å². The van der Waals surface area contributed by atoms with Gasteiger partial charge >= 0.3 is 0 Å². The smallest absolute Gasteiger partial charge is 0.222 e. The molecule has 2 unspecified atom stereocenters. The first-order valence-corrected chi connectivity index (χ1v) is 7.02. The summed E-state index contributed by atoms with van der Waals surface area (Å²) in [7, 11) is 0. The van der Waals surface area contributed by atoms with E-state index in [1.165, 1.54) is 6.42 Å². The van der Waals surface area contributed by atoms with E-state index in [9.17, 15) is 4.79 Å². The second kappa shape index (κ2) is 7.00. The van der Waals surface area contributed by atoms with Gasteiger partial charge in [0.1, 0.15) is 0 Å². The molecule has 1 aliphatic heterocycles. The Hall–Kier alpha value is -0.570. The summed E-state index contributed by atoms with van der Waals surface area (Å²) in [5.74, 6) is 2.33. The average Bonchev–Trinajstić information content (AvgIpc) is 2.75. The van der Waals surface area contributed by atoms with Crippen LogP contribution in [0.4, 0.5) is 0 Å². The highest BCUT2D eigenvalue weighted by Gasteiger charge is 2.27. The van der Waals surface area contributed by atoms with E-state index in [1.807, 2.05) is 0 Å². The fraction of sp³-hybridized carbons (Fsp3) is 0.929. The van der Waals surface area contributed by atoms with Gasteiger partial charge in [0.2, 0.25) is 5.91 Å². The molecule has 3 nitrogen and oxygen atoms in total. The Balaban J connectivity index is 2.25. The zero-order valence-corrected chi connectivity index (χ0v) is 11.6. The lowest BCUT2D eigenvalue weighted by molar-refractivity contribution is -0.130.